The average molecular weight is 263 g/mol. The molecule has 5 heteroatoms. The minimum absolute atomic E-state index is 0.0296. The van der Waals surface area contributed by atoms with Gasteiger partial charge in [0.15, 0.2) is 0 Å². The number of hydrogen-bond donors (Lipinski definition) is 3. The second-order valence-electron chi connectivity index (χ2n) is 5.93. The molecule has 19 heavy (non-hydrogen) atoms. The molecule has 5 N–H and O–H groups in total. The molecule has 106 valence electrons. The second-order valence-corrected chi connectivity index (χ2v) is 5.93. The van der Waals surface area contributed by atoms with Crippen LogP contribution in [0.5, 0.6) is 0 Å². The Balaban J connectivity index is 2.35. The molecule has 5 nitrogen and oxygen atoms in total. The lowest BCUT2D eigenvalue weighted by Gasteiger charge is -2.42. The molecule has 1 atom stereocenters. The Labute approximate surface area is 115 Å². The van der Waals surface area contributed by atoms with Gasteiger partial charge in [-0.25, -0.2) is 4.98 Å². The lowest BCUT2D eigenvalue weighted by Crippen LogP contribution is -2.53. The topological polar surface area (TPSA) is 80.2 Å². The number of nitrogens with zero attached hydrogens (tertiary/aromatic N) is 2. The molecule has 1 fully saturated rings. The van der Waals surface area contributed by atoms with Crippen molar-refractivity contribution < 1.29 is 0 Å². The standard InChI is InChI=1S/C14H25N5/c1-10-8-11(13(15)17-9-10)12(18-16)14(2,3)19-6-4-5-7-19/h8-9,12,18H,4-7,16H2,1-3H3,(H2,15,17). The van der Waals surface area contributed by atoms with Crippen LogP contribution in [-0.2, 0) is 0 Å². The molecule has 1 aliphatic rings. The van der Waals surface area contributed by atoms with Crippen molar-refractivity contribution in [2.24, 2.45) is 5.84 Å². The molecule has 2 rings (SSSR count). The molecular formula is C14H25N5. The van der Waals surface area contributed by atoms with E-state index in [0.29, 0.717) is 5.82 Å². The van der Waals surface area contributed by atoms with Crippen molar-refractivity contribution in [2.45, 2.75) is 45.2 Å². The Morgan fingerprint density at radius 1 is 1.37 bits per heavy atom. The third-order valence-electron chi connectivity index (χ3n) is 4.19. The third-order valence-corrected chi connectivity index (χ3v) is 4.19. The molecule has 1 aromatic rings. The normalized spacial score (nSPS) is 18.7. The first-order chi connectivity index (χ1) is 8.96. The SMILES string of the molecule is Cc1cnc(N)c(C(NN)C(C)(C)N2CCCC2)c1. The highest BCUT2D eigenvalue weighted by atomic mass is 15.3. The predicted molar refractivity (Wildman–Crippen MR) is 78.3 cm³/mol. The maximum atomic E-state index is 6.04. The number of pyridine rings is 1. The van der Waals surface area contributed by atoms with Crippen LogP contribution >= 0.6 is 0 Å². The number of rotatable bonds is 4. The van der Waals surface area contributed by atoms with Gasteiger partial charge in [-0.1, -0.05) is 0 Å². The van der Waals surface area contributed by atoms with E-state index in [4.69, 9.17) is 11.6 Å². The van der Waals surface area contributed by atoms with Crippen LogP contribution in [0, 0.1) is 6.92 Å². The van der Waals surface area contributed by atoms with Gasteiger partial charge in [0.25, 0.3) is 0 Å². The largest absolute Gasteiger partial charge is 0.383 e. The second kappa shape index (κ2) is 5.45. The summed E-state index contributed by atoms with van der Waals surface area (Å²) in [4.78, 5) is 6.72. The van der Waals surface area contributed by atoms with Crippen molar-refractivity contribution >= 4 is 5.82 Å². The summed E-state index contributed by atoms with van der Waals surface area (Å²) in [6, 6.07) is 2.04. The van der Waals surface area contributed by atoms with Crippen LogP contribution in [0.4, 0.5) is 5.82 Å². The van der Waals surface area contributed by atoms with Crippen LogP contribution in [-0.4, -0.2) is 28.5 Å². The van der Waals surface area contributed by atoms with Gasteiger partial charge in [0, 0.05) is 17.3 Å². The fourth-order valence-corrected chi connectivity index (χ4v) is 2.98. The van der Waals surface area contributed by atoms with Gasteiger partial charge >= 0.3 is 0 Å². The molecule has 0 aromatic carbocycles. The Morgan fingerprint density at radius 3 is 2.58 bits per heavy atom. The summed E-state index contributed by atoms with van der Waals surface area (Å²) in [5.41, 5.74) is 11.0. The zero-order chi connectivity index (χ0) is 14.0. The van der Waals surface area contributed by atoms with Crippen molar-refractivity contribution in [2.75, 3.05) is 18.8 Å². The molecule has 1 saturated heterocycles. The monoisotopic (exact) mass is 263 g/mol. The van der Waals surface area contributed by atoms with Gasteiger partial charge in [0.05, 0.1) is 6.04 Å². The lowest BCUT2D eigenvalue weighted by atomic mass is 9.87. The highest BCUT2D eigenvalue weighted by Crippen LogP contribution is 2.35. The summed E-state index contributed by atoms with van der Waals surface area (Å²) >= 11 is 0. The van der Waals surface area contributed by atoms with Gasteiger partial charge in [0.2, 0.25) is 0 Å². The number of likely N-dealkylation sites (tertiary alicyclic amines) is 1. The molecule has 1 aliphatic heterocycles. The molecule has 0 saturated carbocycles. The molecule has 0 amide bonds. The van der Waals surface area contributed by atoms with E-state index in [0.717, 1.165) is 24.2 Å². The van der Waals surface area contributed by atoms with E-state index in [1.165, 1.54) is 12.8 Å². The number of nitrogens with two attached hydrogens (primary N) is 2. The number of aryl methyl sites for hydroxylation is 1. The molecule has 2 heterocycles. The number of nitrogen functional groups attached to an aromatic ring is 1. The molecular weight excluding hydrogens is 238 g/mol. The number of aromatic nitrogens is 1. The highest BCUT2D eigenvalue weighted by molar-refractivity contribution is 5.44. The van der Waals surface area contributed by atoms with Gasteiger partial charge in [0.1, 0.15) is 5.82 Å². The van der Waals surface area contributed by atoms with Crippen LogP contribution in [0.3, 0.4) is 0 Å². The number of anilines is 1. The maximum Gasteiger partial charge on any atom is 0.128 e. The first-order valence-corrected chi connectivity index (χ1v) is 6.90. The van der Waals surface area contributed by atoms with Crippen LogP contribution in [0.15, 0.2) is 12.3 Å². The summed E-state index contributed by atoms with van der Waals surface area (Å²) in [6.45, 7) is 8.68. The Hall–Kier alpha value is -1.17. The minimum Gasteiger partial charge on any atom is -0.383 e. The molecule has 0 aliphatic carbocycles. The van der Waals surface area contributed by atoms with Crippen molar-refractivity contribution in [3.8, 4) is 0 Å². The summed E-state index contributed by atoms with van der Waals surface area (Å²) in [5.74, 6) is 6.37. The predicted octanol–water partition coefficient (Wildman–Crippen LogP) is 1.35. The fourth-order valence-electron chi connectivity index (χ4n) is 2.98. The molecule has 0 spiro atoms. The third kappa shape index (κ3) is 2.73. The summed E-state index contributed by atoms with van der Waals surface area (Å²) in [6.07, 6.45) is 4.29. The first-order valence-electron chi connectivity index (χ1n) is 6.90. The molecule has 0 bridgehead atoms. The van der Waals surface area contributed by atoms with Gasteiger partial charge in [-0.3, -0.25) is 16.2 Å². The maximum absolute atomic E-state index is 6.04. The van der Waals surface area contributed by atoms with Gasteiger partial charge in [-0.2, -0.15) is 0 Å². The van der Waals surface area contributed by atoms with E-state index >= 15 is 0 Å². The zero-order valence-electron chi connectivity index (χ0n) is 12.1. The lowest BCUT2D eigenvalue weighted by molar-refractivity contribution is 0.107. The van der Waals surface area contributed by atoms with E-state index in [9.17, 15) is 0 Å². The number of hydrogen-bond acceptors (Lipinski definition) is 5. The summed E-state index contributed by atoms with van der Waals surface area (Å²) in [7, 11) is 0. The van der Waals surface area contributed by atoms with Crippen LogP contribution in [0.1, 0.15) is 43.9 Å². The van der Waals surface area contributed by atoms with Gasteiger partial charge < -0.3 is 5.73 Å². The number of nitrogens with one attached hydrogen (secondary N) is 1. The van der Waals surface area contributed by atoms with Crippen molar-refractivity contribution in [3.63, 3.8) is 0 Å². The zero-order valence-corrected chi connectivity index (χ0v) is 12.1. The van der Waals surface area contributed by atoms with E-state index in [-0.39, 0.29) is 11.6 Å². The summed E-state index contributed by atoms with van der Waals surface area (Å²) < 4.78 is 0. The quantitative estimate of drug-likeness (QED) is 0.564. The average Bonchev–Trinajstić information content (AvgIpc) is 2.88. The Morgan fingerprint density at radius 2 is 2.00 bits per heavy atom. The van der Waals surface area contributed by atoms with Crippen LogP contribution in [0.25, 0.3) is 0 Å². The minimum atomic E-state index is -0.0884. The summed E-state index contributed by atoms with van der Waals surface area (Å²) in [5, 5.41) is 0. The van der Waals surface area contributed by atoms with E-state index in [1.54, 1.807) is 6.20 Å². The van der Waals surface area contributed by atoms with E-state index in [1.807, 2.05) is 6.92 Å². The molecule has 1 unspecified atom stereocenters. The Bertz CT molecular complexity index is 437. The molecule has 0 radical (unpaired) electrons. The first kappa shape index (κ1) is 14.2. The van der Waals surface area contributed by atoms with Crippen molar-refractivity contribution in [1.29, 1.82) is 0 Å². The molecule has 1 aromatic heterocycles. The van der Waals surface area contributed by atoms with Gasteiger partial charge in [-0.05, 0) is 58.3 Å². The highest BCUT2D eigenvalue weighted by Gasteiger charge is 2.38. The fraction of sp³-hybridized carbons (Fsp3) is 0.643. The Kier molecular flexibility index (Phi) is 4.08. The van der Waals surface area contributed by atoms with Gasteiger partial charge in [-0.15, -0.1) is 0 Å². The number of hydrazine groups is 1. The van der Waals surface area contributed by atoms with Crippen LogP contribution in [0.2, 0.25) is 0 Å². The smallest absolute Gasteiger partial charge is 0.128 e. The van der Waals surface area contributed by atoms with Crippen molar-refractivity contribution in [3.05, 3.63) is 23.4 Å². The van der Waals surface area contributed by atoms with Crippen molar-refractivity contribution in [1.82, 2.24) is 15.3 Å². The van der Waals surface area contributed by atoms with Crippen LogP contribution < -0.4 is 17.0 Å². The van der Waals surface area contributed by atoms with E-state index in [2.05, 4.69) is 35.2 Å². The van der Waals surface area contributed by atoms with E-state index < -0.39 is 0 Å².